The smallest absolute Gasteiger partial charge is 0.279 e. The Morgan fingerprint density at radius 2 is 1.84 bits per heavy atom. The Balaban J connectivity index is 1.34. The Labute approximate surface area is 178 Å². The van der Waals surface area contributed by atoms with E-state index < -0.39 is 17.4 Å². The molecule has 0 saturated heterocycles. The molecule has 0 radical (unpaired) electrons. The molecule has 0 aliphatic carbocycles. The predicted molar refractivity (Wildman–Crippen MR) is 118 cm³/mol. The van der Waals surface area contributed by atoms with Crippen molar-refractivity contribution in [2.45, 2.75) is 19.1 Å². The number of fused-ring (bicyclic) bond motifs is 2. The molecule has 1 aromatic heterocycles. The second-order valence-electron chi connectivity index (χ2n) is 7.58. The van der Waals surface area contributed by atoms with E-state index in [9.17, 15) is 9.59 Å². The first-order chi connectivity index (χ1) is 15.0. The molecule has 5 rings (SSSR count). The predicted octanol–water partition coefficient (Wildman–Crippen LogP) is 3.81. The number of carbonyl (C=O) groups excluding carboxylic acids is 2. The minimum atomic E-state index is -1.70. The first-order valence-electron chi connectivity index (χ1n) is 9.94. The number of para-hydroxylation sites is 2. The van der Waals surface area contributed by atoms with Crippen LogP contribution >= 0.6 is 0 Å². The number of hydrogen-bond donors (Lipinski definition) is 2. The summed E-state index contributed by atoms with van der Waals surface area (Å²) < 4.78 is 7.50. The summed E-state index contributed by atoms with van der Waals surface area (Å²) in [4.78, 5) is 25.5. The molecule has 154 valence electrons. The maximum absolute atomic E-state index is 12.9. The standard InChI is InChI=1S/C24H20N4O3/c1-24(22(29)25-19-11-4-5-12-20(19)31-24)23(30)26-21-13-14-28(27-21)15-17-9-6-8-16-7-2-3-10-18(16)17/h2-14H,15H2,1H3,(H,25,29)(H,26,27,30). The third-order valence-electron chi connectivity index (χ3n) is 5.41. The summed E-state index contributed by atoms with van der Waals surface area (Å²) in [6, 6.07) is 23.0. The van der Waals surface area contributed by atoms with Crippen molar-refractivity contribution < 1.29 is 14.3 Å². The monoisotopic (exact) mass is 412 g/mol. The van der Waals surface area contributed by atoms with E-state index in [4.69, 9.17) is 4.74 Å². The lowest BCUT2D eigenvalue weighted by molar-refractivity contribution is -0.143. The number of nitrogens with zero attached hydrogens (tertiary/aromatic N) is 2. The van der Waals surface area contributed by atoms with Crippen molar-refractivity contribution in [3.05, 3.63) is 84.6 Å². The van der Waals surface area contributed by atoms with Gasteiger partial charge in [-0.25, -0.2) is 0 Å². The molecule has 0 spiro atoms. The van der Waals surface area contributed by atoms with E-state index in [-0.39, 0.29) is 0 Å². The highest BCUT2D eigenvalue weighted by Gasteiger charge is 2.47. The highest BCUT2D eigenvalue weighted by Crippen LogP contribution is 2.33. The Kier molecular flexibility index (Phi) is 4.43. The maximum Gasteiger partial charge on any atom is 0.279 e. The van der Waals surface area contributed by atoms with E-state index in [1.54, 1.807) is 41.2 Å². The van der Waals surface area contributed by atoms with E-state index in [1.807, 2.05) is 18.2 Å². The molecule has 0 bridgehead atoms. The number of aromatic nitrogens is 2. The van der Waals surface area contributed by atoms with E-state index in [0.717, 1.165) is 16.3 Å². The van der Waals surface area contributed by atoms with Crippen molar-refractivity contribution in [2.75, 3.05) is 10.6 Å². The van der Waals surface area contributed by atoms with Crippen LogP contribution in [0.1, 0.15) is 12.5 Å². The third kappa shape index (κ3) is 3.40. The number of carbonyl (C=O) groups is 2. The number of amides is 2. The van der Waals surface area contributed by atoms with Gasteiger partial charge in [-0.15, -0.1) is 0 Å². The number of hydrogen-bond acceptors (Lipinski definition) is 4. The molecular weight excluding hydrogens is 392 g/mol. The molecule has 1 aliphatic rings. The molecule has 1 unspecified atom stereocenters. The molecule has 0 fully saturated rings. The molecule has 31 heavy (non-hydrogen) atoms. The SMILES string of the molecule is CC1(C(=O)Nc2ccn(Cc3cccc4ccccc34)n2)Oc2ccccc2NC1=O. The molecule has 3 aromatic carbocycles. The molecule has 0 saturated carbocycles. The van der Waals surface area contributed by atoms with Gasteiger partial charge in [-0.3, -0.25) is 14.3 Å². The van der Waals surface area contributed by atoms with Crippen LogP contribution in [0.15, 0.2) is 79.0 Å². The molecule has 7 heteroatoms. The van der Waals surface area contributed by atoms with Crippen molar-refractivity contribution in [2.24, 2.45) is 0 Å². The number of ether oxygens (including phenoxy) is 1. The van der Waals surface area contributed by atoms with E-state index in [2.05, 4.69) is 40.0 Å². The van der Waals surface area contributed by atoms with Crippen LogP contribution in [0.4, 0.5) is 11.5 Å². The van der Waals surface area contributed by atoms with Gasteiger partial charge < -0.3 is 15.4 Å². The van der Waals surface area contributed by atoms with Gasteiger partial charge in [0.2, 0.25) is 0 Å². The first-order valence-corrected chi connectivity index (χ1v) is 9.94. The van der Waals surface area contributed by atoms with Crippen molar-refractivity contribution in [1.82, 2.24) is 9.78 Å². The van der Waals surface area contributed by atoms with Gasteiger partial charge >= 0.3 is 0 Å². The normalized spacial score (nSPS) is 17.5. The summed E-state index contributed by atoms with van der Waals surface area (Å²) in [7, 11) is 0. The van der Waals surface area contributed by atoms with Crippen LogP contribution in [0, 0.1) is 0 Å². The average molecular weight is 412 g/mol. The van der Waals surface area contributed by atoms with Gasteiger partial charge in [-0.05, 0) is 35.4 Å². The van der Waals surface area contributed by atoms with Gasteiger partial charge in [-0.2, -0.15) is 5.10 Å². The minimum absolute atomic E-state index is 0.349. The zero-order valence-corrected chi connectivity index (χ0v) is 16.8. The molecule has 4 aromatic rings. The molecule has 1 aliphatic heterocycles. The topological polar surface area (TPSA) is 85.2 Å². The quantitative estimate of drug-likeness (QED) is 0.499. The molecule has 1 atom stereocenters. The Bertz CT molecular complexity index is 1310. The van der Waals surface area contributed by atoms with Crippen LogP contribution in [0.3, 0.4) is 0 Å². The lowest BCUT2D eigenvalue weighted by Gasteiger charge is -2.32. The lowest BCUT2D eigenvalue weighted by atomic mass is 10.0. The summed E-state index contributed by atoms with van der Waals surface area (Å²) in [6.07, 6.45) is 1.79. The fraction of sp³-hybridized carbons (Fsp3) is 0.125. The summed E-state index contributed by atoms with van der Waals surface area (Å²) in [5.41, 5.74) is -0.0388. The number of rotatable bonds is 4. The van der Waals surface area contributed by atoms with Crippen LogP contribution in [0.2, 0.25) is 0 Å². The van der Waals surface area contributed by atoms with Crippen LogP contribution in [0.25, 0.3) is 10.8 Å². The Morgan fingerprint density at radius 1 is 1.06 bits per heavy atom. The van der Waals surface area contributed by atoms with Gasteiger partial charge in [0.1, 0.15) is 5.75 Å². The molecule has 2 heterocycles. The van der Waals surface area contributed by atoms with Gasteiger partial charge in [0.25, 0.3) is 17.4 Å². The summed E-state index contributed by atoms with van der Waals surface area (Å²) in [6.45, 7) is 2.00. The second kappa shape index (κ2) is 7.28. The minimum Gasteiger partial charge on any atom is -0.466 e. The zero-order valence-electron chi connectivity index (χ0n) is 16.8. The molecule has 7 nitrogen and oxygen atoms in total. The first kappa shape index (κ1) is 18.9. The van der Waals surface area contributed by atoms with Gasteiger partial charge in [0.15, 0.2) is 5.82 Å². The van der Waals surface area contributed by atoms with E-state index in [0.29, 0.717) is 23.8 Å². The summed E-state index contributed by atoms with van der Waals surface area (Å²) >= 11 is 0. The van der Waals surface area contributed by atoms with Gasteiger partial charge in [0, 0.05) is 12.3 Å². The molecule has 2 amide bonds. The highest BCUT2D eigenvalue weighted by atomic mass is 16.5. The van der Waals surface area contributed by atoms with Crippen LogP contribution < -0.4 is 15.4 Å². The summed E-state index contributed by atoms with van der Waals surface area (Å²) in [5, 5.41) is 12.2. The second-order valence-corrected chi connectivity index (χ2v) is 7.58. The lowest BCUT2D eigenvalue weighted by Crippen LogP contribution is -2.56. The third-order valence-corrected chi connectivity index (χ3v) is 5.41. The van der Waals surface area contributed by atoms with Crippen molar-refractivity contribution in [3.63, 3.8) is 0 Å². The highest BCUT2D eigenvalue weighted by molar-refractivity contribution is 6.18. The van der Waals surface area contributed by atoms with Crippen molar-refractivity contribution >= 4 is 34.1 Å². The maximum atomic E-state index is 12.9. The van der Waals surface area contributed by atoms with Crippen LogP contribution in [-0.4, -0.2) is 27.2 Å². The largest absolute Gasteiger partial charge is 0.466 e. The van der Waals surface area contributed by atoms with E-state index in [1.165, 1.54) is 6.92 Å². The number of benzene rings is 3. The Morgan fingerprint density at radius 3 is 2.74 bits per heavy atom. The molecular formula is C24H20N4O3. The van der Waals surface area contributed by atoms with Crippen LogP contribution in [0.5, 0.6) is 5.75 Å². The van der Waals surface area contributed by atoms with Gasteiger partial charge in [0.05, 0.1) is 12.2 Å². The fourth-order valence-corrected chi connectivity index (χ4v) is 3.67. The van der Waals surface area contributed by atoms with Gasteiger partial charge in [-0.1, -0.05) is 54.6 Å². The molecule has 2 N–H and O–H groups in total. The number of nitrogens with one attached hydrogen (secondary N) is 2. The summed E-state index contributed by atoms with van der Waals surface area (Å²) in [5.74, 6) is -0.322. The Hall–Kier alpha value is -4.13. The average Bonchev–Trinajstić information content (AvgIpc) is 3.21. The fourth-order valence-electron chi connectivity index (χ4n) is 3.67. The van der Waals surface area contributed by atoms with Crippen molar-refractivity contribution in [3.8, 4) is 5.75 Å². The number of anilines is 2. The van der Waals surface area contributed by atoms with Crippen molar-refractivity contribution in [1.29, 1.82) is 0 Å². The zero-order chi connectivity index (χ0) is 21.4. The van der Waals surface area contributed by atoms with Crippen LogP contribution in [-0.2, 0) is 16.1 Å². The van der Waals surface area contributed by atoms with E-state index >= 15 is 0 Å².